The SMILES string of the molecule is CC(=O)c1cccc(O[C@H](C)C(=O)Nc2ccc3c(c2)OCCO3)c1. The summed E-state index contributed by atoms with van der Waals surface area (Å²) in [6.07, 6.45) is -0.726. The van der Waals surface area contributed by atoms with Crippen LogP contribution in [0.25, 0.3) is 0 Å². The summed E-state index contributed by atoms with van der Waals surface area (Å²) in [6, 6.07) is 12.0. The lowest BCUT2D eigenvalue weighted by molar-refractivity contribution is -0.122. The van der Waals surface area contributed by atoms with E-state index in [4.69, 9.17) is 14.2 Å². The Kier molecular flexibility index (Phi) is 4.88. The third-order valence-electron chi connectivity index (χ3n) is 3.73. The topological polar surface area (TPSA) is 73.9 Å². The molecule has 0 saturated carbocycles. The van der Waals surface area contributed by atoms with Crippen LogP contribution in [0.5, 0.6) is 17.2 Å². The molecule has 1 aliphatic rings. The van der Waals surface area contributed by atoms with E-state index in [2.05, 4.69) is 5.32 Å². The van der Waals surface area contributed by atoms with Crippen LogP contribution in [0.1, 0.15) is 24.2 Å². The predicted octanol–water partition coefficient (Wildman–Crippen LogP) is 3.07. The number of Topliss-reactive ketones (excluding diaryl/α,β-unsaturated/α-hetero) is 1. The van der Waals surface area contributed by atoms with Gasteiger partial charge in [-0.2, -0.15) is 0 Å². The second-order valence-corrected chi connectivity index (χ2v) is 5.69. The van der Waals surface area contributed by atoms with Crippen LogP contribution < -0.4 is 19.5 Å². The first-order valence-corrected chi connectivity index (χ1v) is 8.01. The number of nitrogens with one attached hydrogen (secondary N) is 1. The molecular formula is C19H19NO5. The van der Waals surface area contributed by atoms with E-state index in [9.17, 15) is 9.59 Å². The molecule has 0 saturated heterocycles. The summed E-state index contributed by atoms with van der Waals surface area (Å²) in [5.41, 5.74) is 1.14. The highest BCUT2D eigenvalue weighted by Gasteiger charge is 2.17. The molecule has 2 aromatic carbocycles. The van der Waals surface area contributed by atoms with Gasteiger partial charge in [-0.05, 0) is 38.1 Å². The van der Waals surface area contributed by atoms with E-state index in [0.29, 0.717) is 41.7 Å². The fourth-order valence-corrected chi connectivity index (χ4v) is 2.41. The van der Waals surface area contributed by atoms with Crippen molar-refractivity contribution in [1.29, 1.82) is 0 Å². The number of carbonyl (C=O) groups is 2. The quantitative estimate of drug-likeness (QED) is 0.846. The summed E-state index contributed by atoms with van der Waals surface area (Å²) in [6.45, 7) is 4.13. The maximum atomic E-state index is 12.3. The molecule has 3 rings (SSSR count). The fraction of sp³-hybridized carbons (Fsp3) is 0.263. The Morgan fingerprint density at radius 1 is 1.08 bits per heavy atom. The molecule has 0 bridgehead atoms. The van der Waals surface area contributed by atoms with Crippen molar-refractivity contribution in [1.82, 2.24) is 0 Å². The number of carbonyl (C=O) groups excluding carboxylic acids is 2. The normalized spacial score (nSPS) is 13.7. The Balaban J connectivity index is 1.64. The summed E-state index contributed by atoms with van der Waals surface area (Å²) < 4.78 is 16.6. The molecule has 6 nitrogen and oxygen atoms in total. The van der Waals surface area contributed by atoms with Crippen LogP contribution in [0.2, 0.25) is 0 Å². The van der Waals surface area contributed by atoms with Crippen molar-refractivity contribution in [3.8, 4) is 17.2 Å². The van der Waals surface area contributed by atoms with Gasteiger partial charge < -0.3 is 19.5 Å². The maximum Gasteiger partial charge on any atom is 0.265 e. The first-order valence-electron chi connectivity index (χ1n) is 8.01. The molecule has 25 heavy (non-hydrogen) atoms. The number of ether oxygens (including phenoxy) is 3. The van der Waals surface area contributed by atoms with E-state index in [1.165, 1.54) is 6.92 Å². The van der Waals surface area contributed by atoms with E-state index in [0.717, 1.165) is 0 Å². The molecule has 0 aliphatic carbocycles. The molecule has 1 amide bonds. The zero-order valence-electron chi connectivity index (χ0n) is 14.1. The van der Waals surface area contributed by atoms with Crippen molar-refractivity contribution in [2.45, 2.75) is 20.0 Å². The molecule has 0 fully saturated rings. The molecule has 0 aromatic heterocycles. The predicted molar refractivity (Wildman–Crippen MR) is 92.6 cm³/mol. The number of fused-ring (bicyclic) bond motifs is 1. The molecule has 1 aliphatic heterocycles. The van der Waals surface area contributed by atoms with Crippen molar-refractivity contribution in [3.05, 3.63) is 48.0 Å². The Labute approximate surface area is 145 Å². The lowest BCUT2D eigenvalue weighted by atomic mass is 10.1. The van der Waals surface area contributed by atoms with Crippen molar-refractivity contribution < 1.29 is 23.8 Å². The van der Waals surface area contributed by atoms with Crippen molar-refractivity contribution in [2.75, 3.05) is 18.5 Å². The van der Waals surface area contributed by atoms with Gasteiger partial charge in [0.2, 0.25) is 0 Å². The summed E-state index contributed by atoms with van der Waals surface area (Å²) in [4.78, 5) is 23.7. The molecule has 130 valence electrons. The molecule has 2 aromatic rings. The molecule has 0 unspecified atom stereocenters. The van der Waals surface area contributed by atoms with Gasteiger partial charge in [-0.3, -0.25) is 9.59 Å². The van der Waals surface area contributed by atoms with Gasteiger partial charge in [0.15, 0.2) is 23.4 Å². The van der Waals surface area contributed by atoms with E-state index in [1.807, 2.05) is 0 Å². The average molecular weight is 341 g/mol. The number of anilines is 1. The second kappa shape index (κ2) is 7.25. The summed E-state index contributed by atoms with van der Waals surface area (Å²) in [5.74, 6) is 1.38. The first-order chi connectivity index (χ1) is 12.0. The van der Waals surface area contributed by atoms with Crippen LogP contribution in [-0.2, 0) is 4.79 Å². The number of hydrogen-bond donors (Lipinski definition) is 1. The number of amides is 1. The lowest BCUT2D eigenvalue weighted by Gasteiger charge is -2.20. The Morgan fingerprint density at radius 2 is 1.84 bits per heavy atom. The third-order valence-corrected chi connectivity index (χ3v) is 3.73. The van der Waals surface area contributed by atoms with Crippen LogP contribution in [0.15, 0.2) is 42.5 Å². The van der Waals surface area contributed by atoms with Crippen LogP contribution in [-0.4, -0.2) is 31.0 Å². The van der Waals surface area contributed by atoms with Crippen LogP contribution in [0.4, 0.5) is 5.69 Å². The van der Waals surface area contributed by atoms with Gasteiger partial charge >= 0.3 is 0 Å². The number of benzene rings is 2. The molecule has 0 radical (unpaired) electrons. The largest absolute Gasteiger partial charge is 0.486 e. The monoisotopic (exact) mass is 341 g/mol. The minimum Gasteiger partial charge on any atom is -0.486 e. The molecule has 1 atom stereocenters. The van der Waals surface area contributed by atoms with Gasteiger partial charge in [0, 0.05) is 17.3 Å². The smallest absolute Gasteiger partial charge is 0.265 e. The lowest BCUT2D eigenvalue weighted by Crippen LogP contribution is -2.30. The molecule has 6 heteroatoms. The number of ketones is 1. The second-order valence-electron chi connectivity index (χ2n) is 5.69. The van der Waals surface area contributed by atoms with Gasteiger partial charge in [0.25, 0.3) is 5.91 Å². The molecule has 1 heterocycles. The molecule has 1 N–H and O–H groups in total. The van der Waals surface area contributed by atoms with Gasteiger partial charge in [0.05, 0.1) is 0 Å². The minimum atomic E-state index is -0.726. The zero-order valence-corrected chi connectivity index (χ0v) is 14.1. The highest BCUT2D eigenvalue weighted by Crippen LogP contribution is 2.32. The van der Waals surface area contributed by atoms with Crippen LogP contribution >= 0.6 is 0 Å². The highest BCUT2D eigenvalue weighted by molar-refractivity contribution is 5.95. The highest BCUT2D eigenvalue weighted by atomic mass is 16.6. The summed E-state index contributed by atoms with van der Waals surface area (Å²) >= 11 is 0. The van der Waals surface area contributed by atoms with Gasteiger partial charge in [-0.1, -0.05) is 12.1 Å². The van der Waals surface area contributed by atoms with E-state index in [1.54, 1.807) is 49.4 Å². The van der Waals surface area contributed by atoms with Gasteiger partial charge in [-0.25, -0.2) is 0 Å². The zero-order chi connectivity index (χ0) is 17.8. The Bertz CT molecular complexity index is 802. The first kappa shape index (κ1) is 16.8. The van der Waals surface area contributed by atoms with Crippen molar-refractivity contribution >= 4 is 17.4 Å². The Hall–Kier alpha value is -3.02. The number of rotatable bonds is 5. The summed E-state index contributed by atoms with van der Waals surface area (Å²) in [5, 5.41) is 2.78. The Morgan fingerprint density at radius 3 is 2.60 bits per heavy atom. The fourth-order valence-electron chi connectivity index (χ4n) is 2.41. The third kappa shape index (κ3) is 4.09. The average Bonchev–Trinajstić information content (AvgIpc) is 2.61. The van der Waals surface area contributed by atoms with Crippen molar-refractivity contribution in [2.24, 2.45) is 0 Å². The standard InChI is InChI=1S/C19H19NO5/c1-12(21)14-4-3-5-16(10-14)25-13(2)19(22)20-15-6-7-17-18(11-15)24-9-8-23-17/h3-7,10-11,13H,8-9H2,1-2H3,(H,20,22)/t13-/m1/s1. The van der Waals surface area contributed by atoms with E-state index >= 15 is 0 Å². The molecular weight excluding hydrogens is 322 g/mol. The van der Waals surface area contributed by atoms with Gasteiger partial charge in [0.1, 0.15) is 19.0 Å². The van der Waals surface area contributed by atoms with Crippen LogP contribution in [0.3, 0.4) is 0 Å². The van der Waals surface area contributed by atoms with Crippen LogP contribution in [0, 0.1) is 0 Å². The maximum absolute atomic E-state index is 12.3. The number of hydrogen-bond acceptors (Lipinski definition) is 5. The van der Waals surface area contributed by atoms with Gasteiger partial charge in [-0.15, -0.1) is 0 Å². The molecule has 0 spiro atoms. The summed E-state index contributed by atoms with van der Waals surface area (Å²) in [7, 11) is 0. The van der Waals surface area contributed by atoms with E-state index < -0.39 is 6.10 Å². The van der Waals surface area contributed by atoms with E-state index in [-0.39, 0.29) is 11.7 Å². The minimum absolute atomic E-state index is 0.0566. The van der Waals surface area contributed by atoms with Crippen molar-refractivity contribution in [3.63, 3.8) is 0 Å².